The number of hydrogen-bond acceptors (Lipinski definition) is 3. The normalized spacial score (nSPS) is 10.6. The second-order valence-electron chi connectivity index (χ2n) is 5.71. The second-order valence-corrected chi connectivity index (χ2v) is 6.11. The third-order valence-electron chi connectivity index (χ3n) is 3.74. The molecule has 0 atom stereocenters. The Balaban J connectivity index is 0.00000392. The molecule has 1 amide bonds. The Morgan fingerprint density at radius 1 is 1.04 bits per heavy atom. The third-order valence-corrected chi connectivity index (χ3v) is 4.07. The lowest BCUT2D eigenvalue weighted by molar-refractivity contribution is 0.0954. The SMILES string of the molecule is CCNC(=NCc1ccc(OC)cc1)NCCNC(=O)c1ccccc1Cl.I. The highest BCUT2D eigenvalue weighted by Gasteiger charge is 2.08. The van der Waals surface area contributed by atoms with Gasteiger partial charge in [-0.15, -0.1) is 24.0 Å². The predicted molar refractivity (Wildman–Crippen MR) is 125 cm³/mol. The highest BCUT2D eigenvalue weighted by Crippen LogP contribution is 2.14. The number of halogens is 2. The van der Waals surface area contributed by atoms with E-state index in [0.717, 1.165) is 17.9 Å². The average molecular weight is 517 g/mol. The molecular formula is C20H26ClIN4O2. The van der Waals surface area contributed by atoms with Gasteiger partial charge in [-0.25, -0.2) is 4.99 Å². The van der Waals surface area contributed by atoms with Gasteiger partial charge in [0.2, 0.25) is 0 Å². The summed E-state index contributed by atoms with van der Waals surface area (Å²) in [5, 5.41) is 9.67. The summed E-state index contributed by atoms with van der Waals surface area (Å²) in [5.74, 6) is 1.32. The molecule has 0 saturated carbocycles. The molecule has 0 radical (unpaired) electrons. The summed E-state index contributed by atoms with van der Waals surface area (Å²) in [5.41, 5.74) is 1.55. The van der Waals surface area contributed by atoms with Crippen LogP contribution in [0.2, 0.25) is 5.02 Å². The number of carbonyl (C=O) groups excluding carboxylic acids is 1. The summed E-state index contributed by atoms with van der Waals surface area (Å²) in [6.45, 7) is 4.30. The number of hydrogen-bond donors (Lipinski definition) is 3. The van der Waals surface area contributed by atoms with Gasteiger partial charge in [0.05, 0.1) is 24.2 Å². The van der Waals surface area contributed by atoms with Crippen LogP contribution >= 0.6 is 35.6 Å². The number of benzene rings is 2. The van der Waals surface area contributed by atoms with Gasteiger partial charge in [0.1, 0.15) is 5.75 Å². The number of amides is 1. The highest BCUT2D eigenvalue weighted by atomic mass is 127. The lowest BCUT2D eigenvalue weighted by Gasteiger charge is -2.12. The molecule has 3 N–H and O–H groups in total. The average Bonchev–Trinajstić information content (AvgIpc) is 2.69. The van der Waals surface area contributed by atoms with Gasteiger partial charge in [0.25, 0.3) is 5.91 Å². The van der Waals surface area contributed by atoms with Crippen LogP contribution in [-0.4, -0.2) is 38.6 Å². The fraction of sp³-hybridized carbons (Fsp3) is 0.300. The molecule has 8 heteroatoms. The molecule has 0 heterocycles. The standard InChI is InChI=1S/C20H25ClN4O2.HI/c1-3-22-20(25-14-15-8-10-16(27-2)11-9-15)24-13-12-23-19(26)17-6-4-5-7-18(17)21;/h4-11H,3,12-14H2,1-2H3,(H,23,26)(H2,22,24,25);1H. The molecule has 0 aromatic heterocycles. The number of rotatable bonds is 8. The number of carbonyl (C=O) groups is 1. The molecule has 0 aliphatic carbocycles. The Kier molecular flexibility index (Phi) is 11.4. The van der Waals surface area contributed by atoms with Crippen molar-refractivity contribution in [2.45, 2.75) is 13.5 Å². The first kappa shape index (κ1) is 24.0. The number of aliphatic imine (C=N–C) groups is 1. The Labute approximate surface area is 188 Å². The van der Waals surface area contributed by atoms with Gasteiger partial charge in [-0.2, -0.15) is 0 Å². The largest absolute Gasteiger partial charge is 0.497 e. The maximum absolute atomic E-state index is 12.1. The third kappa shape index (κ3) is 7.93. The first-order valence-corrected chi connectivity index (χ1v) is 9.19. The van der Waals surface area contributed by atoms with Gasteiger partial charge >= 0.3 is 0 Å². The molecule has 0 fully saturated rings. The van der Waals surface area contributed by atoms with Gasteiger partial charge in [-0.05, 0) is 36.8 Å². The molecule has 0 aliphatic heterocycles. The molecule has 0 unspecified atom stereocenters. The van der Waals surface area contributed by atoms with Crippen molar-refractivity contribution in [1.82, 2.24) is 16.0 Å². The molecule has 152 valence electrons. The molecule has 2 aromatic carbocycles. The van der Waals surface area contributed by atoms with Gasteiger partial charge in [-0.1, -0.05) is 35.9 Å². The van der Waals surface area contributed by atoms with Gasteiger partial charge < -0.3 is 20.7 Å². The number of nitrogens with zero attached hydrogens (tertiary/aromatic N) is 1. The van der Waals surface area contributed by atoms with Gasteiger partial charge in [0.15, 0.2) is 5.96 Å². The van der Waals surface area contributed by atoms with Crippen molar-refractivity contribution < 1.29 is 9.53 Å². The van der Waals surface area contributed by atoms with Crippen LogP contribution in [0.1, 0.15) is 22.8 Å². The molecule has 2 aromatic rings. The summed E-state index contributed by atoms with van der Waals surface area (Å²) in [7, 11) is 1.64. The van der Waals surface area contributed by atoms with Crippen LogP contribution in [0.4, 0.5) is 0 Å². The molecular weight excluding hydrogens is 491 g/mol. The zero-order valence-electron chi connectivity index (χ0n) is 16.0. The van der Waals surface area contributed by atoms with Crippen molar-refractivity contribution in [3.63, 3.8) is 0 Å². The van der Waals surface area contributed by atoms with Crippen molar-refractivity contribution in [2.75, 3.05) is 26.7 Å². The maximum atomic E-state index is 12.1. The van der Waals surface area contributed by atoms with E-state index in [1.165, 1.54) is 0 Å². The minimum absolute atomic E-state index is 0. The van der Waals surface area contributed by atoms with Crippen LogP contribution in [0.5, 0.6) is 5.75 Å². The summed E-state index contributed by atoms with van der Waals surface area (Å²) < 4.78 is 5.15. The van der Waals surface area contributed by atoms with Crippen molar-refractivity contribution in [1.29, 1.82) is 0 Å². The van der Waals surface area contributed by atoms with E-state index in [0.29, 0.717) is 36.2 Å². The van der Waals surface area contributed by atoms with E-state index in [1.807, 2.05) is 31.2 Å². The summed E-state index contributed by atoms with van der Waals surface area (Å²) >= 11 is 6.03. The first-order chi connectivity index (χ1) is 13.1. The van der Waals surface area contributed by atoms with Crippen molar-refractivity contribution in [3.8, 4) is 5.75 Å². The van der Waals surface area contributed by atoms with E-state index in [9.17, 15) is 4.79 Å². The lowest BCUT2D eigenvalue weighted by Crippen LogP contribution is -2.41. The van der Waals surface area contributed by atoms with Crippen LogP contribution in [0.3, 0.4) is 0 Å². The number of methoxy groups -OCH3 is 1. The van der Waals surface area contributed by atoms with Gasteiger partial charge in [-0.3, -0.25) is 4.79 Å². The molecule has 0 bridgehead atoms. The van der Waals surface area contributed by atoms with Crippen LogP contribution in [0, 0.1) is 0 Å². The van der Waals surface area contributed by atoms with E-state index in [1.54, 1.807) is 31.4 Å². The maximum Gasteiger partial charge on any atom is 0.252 e. The quantitative estimate of drug-likeness (QED) is 0.217. The van der Waals surface area contributed by atoms with E-state index in [-0.39, 0.29) is 29.9 Å². The fourth-order valence-corrected chi connectivity index (χ4v) is 2.56. The van der Waals surface area contributed by atoms with E-state index in [4.69, 9.17) is 16.3 Å². The number of guanidine groups is 1. The summed E-state index contributed by atoms with van der Waals surface area (Å²) in [4.78, 5) is 16.7. The predicted octanol–water partition coefficient (Wildman–Crippen LogP) is 3.45. The molecule has 28 heavy (non-hydrogen) atoms. The van der Waals surface area contributed by atoms with Crippen LogP contribution in [0.25, 0.3) is 0 Å². The summed E-state index contributed by atoms with van der Waals surface area (Å²) in [6.07, 6.45) is 0. The number of ether oxygens (including phenoxy) is 1. The second kappa shape index (κ2) is 13.2. The molecule has 0 aliphatic rings. The lowest BCUT2D eigenvalue weighted by atomic mass is 10.2. The van der Waals surface area contributed by atoms with E-state index >= 15 is 0 Å². The van der Waals surface area contributed by atoms with Crippen LogP contribution in [-0.2, 0) is 6.54 Å². The van der Waals surface area contributed by atoms with Gasteiger partial charge in [0, 0.05) is 19.6 Å². The van der Waals surface area contributed by atoms with Crippen LogP contribution < -0.4 is 20.7 Å². The minimum Gasteiger partial charge on any atom is -0.497 e. The molecule has 2 rings (SSSR count). The Hall–Kier alpha value is -2.00. The molecule has 0 saturated heterocycles. The fourth-order valence-electron chi connectivity index (χ4n) is 2.34. The highest BCUT2D eigenvalue weighted by molar-refractivity contribution is 14.0. The Morgan fingerprint density at radius 2 is 1.71 bits per heavy atom. The van der Waals surface area contributed by atoms with Crippen molar-refractivity contribution >= 4 is 47.4 Å². The monoisotopic (exact) mass is 516 g/mol. The zero-order chi connectivity index (χ0) is 19.5. The molecule has 0 spiro atoms. The molecule has 6 nitrogen and oxygen atoms in total. The smallest absolute Gasteiger partial charge is 0.252 e. The zero-order valence-corrected chi connectivity index (χ0v) is 19.1. The van der Waals surface area contributed by atoms with E-state index in [2.05, 4.69) is 20.9 Å². The van der Waals surface area contributed by atoms with Crippen molar-refractivity contribution in [3.05, 3.63) is 64.7 Å². The first-order valence-electron chi connectivity index (χ1n) is 8.82. The Morgan fingerprint density at radius 3 is 2.36 bits per heavy atom. The number of nitrogens with one attached hydrogen (secondary N) is 3. The minimum atomic E-state index is -0.192. The van der Waals surface area contributed by atoms with Crippen LogP contribution in [0.15, 0.2) is 53.5 Å². The topological polar surface area (TPSA) is 74.8 Å². The Bertz CT molecular complexity index is 769. The summed E-state index contributed by atoms with van der Waals surface area (Å²) in [6, 6.07) is 14.8. The van der Waals surface area contributed by atoms with Crippen molar-refractivity contribution in [2.24, 2.45) is 4.99 Å². The van der Waals surface area contributed by atoms with E-state index < -0.39 is 0 Å².